The van der Waals surface area contributed by atoms with Crippen LogP contribution < -0.4 is 0 Å². The van der Waals surface area contributed by atoms with Crippen molar-refractivity contribution in [3.05, 3.63) is 25.3 Å². The molecule has 0 aliphatic carbocycles. The van der Waals surface area contributed by atoms with Gasteiger partial charge in [-0.25, -0.2) is 9.36 Å². The van der Waals surface area contributed by atoms with E-state index in [0.29, 0.717) is 19.0 Å². The van der Waals surface area contributed by atoms with Gasteiger partial charge in [-0.3, -0.25) is 0 Å². The van der Waals surface area contributed by atoms with Crippen molar-refractivity contribution in [2.24, 2.45) is 5.92 Å². The van der Waals surface area contributed by atoms with E-state index in [9.17, 15) is 0 Å². The first kappa shape index (κ1) is 16.7. The highest BCUT2D eigenvalue weighted by atomic mass is 32.2. The van der Waals surface area contributed by atoms with Gasteiger partial charge in [0, 0.05) is 11.5 Å². The summed E-state index contributed by atoms with van der Waals surface area (Å²) in [5, 5.41) is 24.9. The standard InChI is InChI=1S/C12H18N8S2/c1-4-6-19-11(13-15-17-19)21-8-10(3)9-22-12-14-16-18-20(12)7-5-2/h4-5,10H,1-2,6-9H2,3H3. The average molecular weight is 338 g/mol. The molecule has 8 nitrogen and oxygen atoms in total. The fourth-order valence-corrected chi connectivity index (χ4v) is 3.52. The van der Waals surface area contributed by atoms with Crippen LogP contribution in [0.3, 0.4) is 0 Å². The number of hydrogen-bond acceptors (Lipinski definition) is 8. The van der Waals surface area contributed by atoms with Gasteiger partial charge in [0.05, 0.1) is 13.1 Å². The Morgan fingerprint density at radius 3 is 1.82 bits per heavy atom. The lowest BCUT2D eigenvalue weighted by atomic mass is 10.3. The van der Waals surface area contributed by atoms with Crippen molar-refractivity contribution in [2.75, 3.05) is 11.5 Å². The van der Waals surface area contributed by atoms with Gasteiger partial charge >= 0.3 is 0 Å². The summed E-state index contributed by atoms with van der Waals surface area (Å²) in [5.41, 5.74) is 0. The van der Waals surface area contributed by atoms with Crippen molar-refractivity contribution >= 4 is 23.5 Å². The molecule has 0 N–H and O–H groups in total. The van der Waals surface area contributed by atoms with E-state index < -0.39 is 0 Å². The zero-order valence-electron chi connectivity index (χ0n) is 12.4. The summed E-state index contributed by atoms with van der Waals surface area (Å²) in [6.07, 6.45) is 3.55. The van der Waals surface area contributed by atoms with Crippen LogP contribution in [0.25, 0.3) is 0 Å². The molecule has 0 bridgehead atoms. The van der Waals surface area contributed by atoms with Crippen LogP contribution >= 0.6 is 23.5 Å². The molecule has 0 unspecified atom stereocenters. The molecule has 2 rings (SSSR count). The lowest BCUT2D eigenvalue weighted by Crippen LogP contribution is -2.06. The lowest BCUT2D eigenvalue weighted by molar-refractivity contribution is 0.611. The maximum atomic E-state index is 4.02. The van der Waals surface area contributed by atoms with E-state index in [1.54, 1.807) is 45.0 Å². The molecular formula is C12H18N8S2. The van der Waals surface area contributed by atoms with Gasteiger partial charge in [0.2, 0.25) is 10.3 Å². The van der Waals surface area contributed by atoms with Crippen molar-refractivity contribution in [1.82, 2.24) is 40.4 Å². The molecular weight excluding hydrogens is 320 g/mol. The number of hydrogen-bond donors (Lipinski definition) is 0. The zero-order chi connectivity index (χ0) is 15.8. The Labute approximate surface area is 137 Å². The van der Waals surface area contributed by atoms with E-state index in [2.05, 4.69) is 51.1 Å². The van der Waals surface area contributed by atoms with Crippen LogP contribution in [0.4, 0.5) is 0 Å². The third-order valence-corrected chi connectivity index (χ3v) is 5.17. The van der Waals surface area contributed by atoms with Gasteiger partial charge in [-0.15, -0.1) is 23.4 Å². The topological polar surface area (TPSA) is 87.2 Å². The first-order valence-electron chi connectivity index (χ1n) is 6.74. The fourth-order valence-electron chi connectivity index (χ4n) is 1.56. The van der Waals surface area contributed by atoms with Crippen molar-refractivity contribution in [2.45, 2.75) is 30.3 Å². The highest BCUT2D eigenvalue weighted by molar-refractivity contribution is 8.00. The van der Waals surface area contributed by atoms with Crippen LogP contribution in [0.5, 0.6) is 0 Å². The molecule has 0 aliphatic heterocycles. The highest BCUT2D eigenvalue weighted by Crippen LogP contribution is 2.23. The third kappa shape index (κ3) is 4.67. The fraction of sp³-hybridized carbons (Fsp3) is 0.500. The summed E-state index contributed by atoms with van der Waals surface area (Å²) in [7, 11) is 0. The Morgan fingerprint density at radius 2 is 1.41 bits per heavy atom. The molecule has 0 saturated carbocycles. The van der Waals surface area contributed by atoms with Crippen LogP contribution in [0, 0.1) is 5.92 Å². The predicted octanol–water partition coefficient (Wildman–Crippen LogP) is 1.55. The van der Waals surface area contributed by atoms with Gasteiger partial charge in [-0.1, -0.05) is 42.6 Å². The molecule has 0 saturated heterocycles. The Bertz CT molecular complexity index is 556. The minimum absolute atomic E-state index is 0.470. The molecule has 0 radical (unpaired) electrons. The Balaban J connectivity index is 1.79. The number of thioether (sulfide) groups is 2. The molecule has 2 aromatic rings. The number of aromatic nitrogens is 8. The van der Waals surface area contributed by atoms with Gasteiger partial charge < -0.3 is 0 Å². The Morgan fingerprint density at radius 1 is 0.955 bits per heavy atom. The molecule has 0 amide bonds. The second kappa shape index (κ2) is 8.69. The van der Waals surface area contributed by atoms with Gasteiger partial charge in [-0.2, -0.15) is 0 Å². The number of tetrazole rings is 2. The van der Waals surface area contributed by atoms with E-state index in [0.717, 1.165) is 21.8 Å². The molecule has 2 aromatic heterocycles. The Kier molecular flexibility index (Phi) is 6.59. The molecule has 0 aromatic carbocycles. The minimum atomic E-state index is 0.470. The molecule has 118 valence electrons. The Hall–Kier alpha value is -1.68. The molecule has 0 atom stereocenters. The molecule has 2 heterocycles. The SMILES string of the molecule is C=CCn1nnnc1SCC(C)CSc1nnnn1CC=C. The summed E-state index contributed by atoms with van der Waals surface area (Å²) in [6, 6.07) is 0. The zero-order valence-corrected chi connectivity index (χ0v) is 14.0. The molecule has 0 spiro atoms. The van der Waals surface area contributed by atoms with E-state index in [1.807, 2.05) is 0 Å². The molecule has 10 heteroatoms. The summed E-state index contributed by atoms with van der Waals surface area (Å²) in [6.45, 7) is 10.8. The number of nitrogens with zero attached hydrogens (tertiary/aromatic N) is 8. The maximum Gasteiger partial charge on any atom is 0.209 e. The van der Waals surface area contributed by atoms with Crippen LogP contribution in [-0.2, 0) is 13.1 Å². The summed E-state index contributed by atoms with van der Waals surface area (Å²) in [4.78, 5) is 0. The van der Waals surface area contributed by atoms with Gasteiger partial charge in [0.1, 0.15) is 0 Å². The number of rotatable bonds is 10. The van der Waals surface area contributed by atoms with Crippen LogP contribution in [-0.4, -0.2) is 51.9 Å². The van der Waals surface area contributed by atoms with E-state index in [4.69, 9.17) is 0 Å². The molecule has 0 aliphatic rings. The largest absolute Gasteiger partial charge is 0.217 e. The monoisotopic (exact) mass is 338 g/mol. The van der Waals surface area contributed by atoms with Crippen LogP contribution in [0.2, 0.25) is 0 Å². The highest BCUT2D eigenvalue weighted by Gasteiger charge is 2.12. The first-order chi connectivity index (χ1) is 10.7. The van der Waals surface area contributed by atoms with Crippen molar-refractivity contribution in [3.8, 4) is 0 Å². The van der Waals surface area contributed by atoms with E-state index in [-0.39, 0.29) is 0 Å². The van der Waals surface area contributed by atoms with E-state index in [1.165, 1.54) is 0 Å². The third-order valence-electron chi connectivity index (χ3n) is 2.60. The van der Waals surface area contributed by atoms with E-state index >= 15 is 0 Å². The predicted molar refractivity (Wildman–Crippen MR) is 86.6 cm³/mol. The van der Waals surface area contributed by atoms with Gasteiger partial charge in [0.15, 0.2) is 0 Å². The average Bonchev–Trinajstić information content (AvgIpc) is 3.13. The summed E-state index contributed by atoms with van der Waals surface area (Å²) < 4.78 is 3.48. The number of allylic oxidation sites excluding steroid dienone is 2. The van der Waals surface area contributed by atoms with Crippen LogP contribution in [0.15, 0.2) is 35.6 Å². The summed E-state index contributed by atoms with van der Waals surface area (Å²) in [5.74, 6) is 2.32. The maximum absolute atomic E-state index is 4.02. The first-order valence-corrected chi connectivity index (χ1v) is 8.71. The quantitative estimate of drug-likeness (QED) is 0.476. The van der Waals surface area contributed by atoms with Gasteiger partial charge in [-0.05, 0) is 26.8 Å². The minimum Gasteiger partial charge on any atom is -0.217 e. The van der Waals surface area contributed by atoms with Crippen molar-refractivity contribution < 1.29 is 0 Å². The lowest BCUT2D eigenvalue weighted by Gasteiger charge is -2.09. The van der Waals surface area contributed by atoms with Crippen molar-refractivity contribution in [1.29, 1.82) is 0 Å². The molecule has 0 fully saturated rings. The normalized spacial score (nSPS) is 11.0. The smallest absolute Gasteiger partial charge is 0.209 e. The van der Waals surface area contributed by atoms with Crippen LogP contribution in [0.1, 0.15) is 6.92 Å². The molecule has 22 heavy (non-hydrogen) atoms. The second-order valence-corrected chi connectivity index (χ2v) is 6.57. The second-order valence-electron chi connectivity index (χ2n) is 4.59. The van der Waals surface area contributed by atoms with Gasteiger partial charge in [0.25, 0.3) is 0 Å². The van der Waals surface area contributed by atoms with Crippen molar-refractivity contribution in [3.63, 3.8) is 0 Å². The summed E-state index contributed by atoms with van der Waals surface area (Å²) >= 11 is 3.29.